The topological polar surface area (TPSA) is 65.2 Å². The molecule has 0 N–H and O–H groups in total. The highest BCUT2D eigenvalue weighted by molar-refractivity contribution is 9.10. The van der Waals surface area contributed by atoms with Gasteiger partial charge in [0.15, 0.2) is 6.61 Å². The molecule has 0 unspecified atom stereocenters. The fourth-order valence-electron chi connectivity index (χ4n) is 3.20. The molecule has 5 nitrogen and oxygen atoms in total. The van der Waals surface area contributed by atoms with Crippen LogP contribution in [0.2, 0.25) is 5.02 Å². The maximum atomic E-state index is 12.8. The van der Waals surface area contributed by atoms with Crippen LogP contribution in [0.4, 0.5) is 0 Å². The van der Waals surface area contributed by atoms with Crippen LogP contribution in [0.1, 0.15) is 30.7 Å². The third-order valence-electron chi connectivity index (χ3n) is 4.88. The molecule has 1 aromatic heterocycles. The van der Waals surface area contributed by atoms with Gasteiger partial charge >= 0.3 is 5.97 Å². The highest BCUT2D eigenvalue weighted by atomic mass is 79.9. The number of ether oxygens (including phenoxy) is 1. The Bertz CT molecular complexity index is 950. The van der Waals surface area contributed by atoms with Gasteiger partial charge in [-0.1, -0.05) is 46.1 Å². The van der Waals surface area contributed by atoms with Gasteiger partial charge in [-0.05, 0) is 54.8 Å². The van der Waals surface area contributed by atoms with Crippen molar-refractivity contribution in [2.45, 2.75) is 31.3 Å². The highest BCUT2D eigenvalue weighted by Crippen LogP contribution is 2.45. The van der Waals surface area contributed by atoms with Crippen LogP contribution >= 0.6 is 27.5 Å². The Morgan fingerprint density at radius 3 is 2.44 bits per heavy atom. The number of halogens is 2. The fraction of sp³-hybridized carbons (Fsp3) is 0.250. The summed E-state index contributed by atoms with van der Waals surface area (Å²) in [6.07, 6.45) is 2.52. The maximum absolute atomic E-state index is 12.8. The van der Waals surface area contributed by atoms with Gasteiger partial charge < -0.3 is 9.15 Å². The second-order valence-electron chi connectivity index (χ2n) is 6.53. The summed E-state index contributed by atoms with van der Waals surface area (Å²) in [5.74, 6) is 0.399. The quantitative estimate of drug-likeness (QED) is 0.495. The number of benzene rings is 2. The van der Waals surface area contributed by atoms with Gasteiger partial charge in [-0.3, -0.25) is 4.79 Å². The van der Waals surface area contributed by atoms with Crippen LogP contribution < -0.4 is 0 Å². The molecule has 7 heteroatoms. The fourth-order valence-corrected chi connectivity index (χ4v) is 3.59. The SMILES string of the molecule is O=C(OCc1nnc(-c2ccc(Br)cc2)o1)C1(c2ccc(Cl)cc2)CCC1. The Balaban J connectivity index is 1.44. The van der Waals surface area contributed by atoms with Crippen LogP contribution in [0.15, 0.2) is 57.4 Å². The molecule has 27 heavy (non-hydrogen) atoms. The van der Waals surface area contributed by atoms with Crippen LogP contribution in [0, 0.1) is 0 Å². The molecule has 1 saturated carbocycles. The number of nitrogens with zero attached hydrogens (tertiary/aromatic N) is 2. The summed E-state index contributed by atoms with van der Waals surface area (Å²) in [6, 6.07) is 14.9. The summed E-state index contributed by atoms with van der Waals surface area (Å²) >= 11 is 9.35. The molecule has 0 saturated heterocycles. The van der Waals surface area contributed by atoms with Gasteiger partial charge in [0.2, 0.25) is 5.89 Å². The van der Waals surface area contributed by atoms with E-state index in [0.29, 0.717) is 10.9 Å². The third-order valence-corrected chi connectivity index (χ3v) is 5.66. The molecule has 2 aromatic carbocycles. The van der Waals surface area contributed by atoms with Crippen molar-refractivity contribution < 1.29 is 13.9 Å². The molecule has 1 aliphatic carbocycles. The van der Waals surface area contributed by atoms with Crippen molar-refractivity contribution in [3.8, 4) is 11.5 Å². The van der Waals surface area contributed by atoms with Gasteiger partial charge in [-0.25, -0.2) is 0 Å². The molecule has 138 valence electrons. The minimum atomic E-state index is -0.598. The zero-order chi connectivity index (χ0) is 18.9. The Hall–Kier alpha value is -2.18. The smallest absolute Gasteiger partial charge is 0.317 e. The van der Waals surface area contributed by atoms with Crippen LogP contribution in [0.25, 0.3) is 11.5 Å². The molecular weight excluding hydrogens is 432 g/mol. The van der Waals surface area contributed by atoms with Crippen LogP contribution in [-0.2, 0) is 21.6 Å². The van der Waals surface area contributed by atoms with Crippen molar-refractivity contribution in [1.29, 1.82) is 0 Å². The summed E-state index contributed by atoms with van der Waals surface area (Å²) in [5.41, 5.74) is 1.14. The van der Waals surface area contributed by atoms with E-state index in [2.05, 4.69) is 26.1 Å². The summed E-state index contributed by atoms with van der Waals surface area (Å²) < 4.78 is 12.1. The molecule has 4 rings (SSSR count). The van der Waals surface area contributed by atoms with E-state index in [1.54, 1.807) is 12.1 Å². The van der Waals surface area contributed by atoms with Crippen molar-refractivity contribution in [3.63, 3.8) is 0 Å². The lowest BCUT2D eigenvalue weighted by molar-refractivity contribution is -0.156. The lowest BCUT2D eigenvalue weighted by Gasteiger charge is -2.39. The first kappa shape index (κ1) is 18.2. The average Bonchev–Trinajstić information content (AvgIpc) is 3.10. The lowest BCUT2D eigenvalue weighted by Crippen LogP contribution is -2.43. The predicted octanol–water partition coefficient (Wildman–Crippen LogP) is 5.32. The molecule has 1 aliphatic rings. The van der Waals surface area contributed by atoms with E-state index in [4.69, 9.17) is 20.8 Å². The summed E-state index contributed by atoms with van der Waals surface area (Å²) in [5, 5.41) is 8.64. The first-order valence-corrected chi connectivity index (χ1v) is 9.75. The number of esters is 1. The first-order valence-electron chi connectivity index (χ1n) is 8.58. The molecular formula is C20H16BrClN2O3. The molecule has 0 spiro atoms. The van der Waals surface area contributed by atoms with E-state index in [9.17, 15) is 4.79 Å². The van der Waals surface area contributed by atoms with Crippen LogP contribution in [0.3, 0.4) is 0 Å². The summed E-state index contributed by atoms with van der Waals surface area (Å²) in [6.45, 7) is -0.0439. The summed E-state index contributed by atoms with van der Waals surface area (Å²) in [7, 11) is 0. The molecule has 0 aliphatic heterocycles. The van der Waals surface area contributed by atoms with E-state index < -0.39 is 5.41 Å². The number of hydrogen-bond acceptors (Lipinski definition) is 5. The first-order chi connectivity index (χ1) is 13.1. The van der Waals surface area contributed by atoms with Crippen molar-refractivity contribution in [3.05, 3.63) is 69.5 Å². The zero-order valence-electron chi connectivity index (χ0n) is 14.3. The second-order valence-corrected chi connectivity index (χ2v) is 7.88. The van der Waals surface area contributed by atoms with E-state index in [1.165, 1.54) is 0 Å². The minimum Gasteiger partial charge on any atom is -0.455 e. The van der Waals surface area contributed by atoms with Gasteiger partial charge in [0.05, 0.1) is 5.41 Å². The predicted molar refractivity (Wildman–Crippen MR) is 104 cm³/mol. The number of aromatic nitrogens is 2. The Morgan fingerprint density at radius 1 is 1.11 bits per heavy atom. The number of carbonyl (C=O) groups is 1. The Labute approximate surface area is 169 Å². The maximum Gasteiger partial charge on any atom is 0.317 e. The molecule has 0 bridgehead atoms. The molecule has 0 radical (unpaired) electrons. The van der Waals surface area contributed by atoms with Gasteiger partial charge in [0.1, 0.15) is 0 Å². The number of carbonyl (C=O) groups excluding carboxylic acids is 1. The van der Waals surface area contributed by atoms with Gasteiger partial charge in [0, 0.05) is 15.1 Å². The molecule has 0 atom stereocenters. The van der Waals surface area contributed by atoms with E-state index in [-0.39, 0.29) is 18.5 Å². The molecule has 1 heterocycles. The Morgan fingerprint density at radius 2 is 1.81 bits per heavy atom. The van der Waals surface area contributed by atoms with Crippen LogP contribution in [-0.4, -0.2) is 16.2 Å². The van der Waals surface area contributed by atoms with Crippen molar-refractivity contribution in [1.82, 2.24) is 10.2 Å². The molecule has 3 aromatic rings. The highest BCUT2D eigenvalue weighted by Gasteiger charge is 2.47. The molecule has 0 amide bonds. The largest absolute Gasteiger partial charge is 0.455 e. The normalized spacial score (nSPS) is 15.2. The number of rotatable bonds is 5. The van der Waals surface area contributed by atoms with Gasteiger partial charge in [0.25, 0.3) is 5.89 Å². The van der Waals surface area contributed by atoms with E-state index in [1.807, 2.05) is 36.4 Å². The molecule has 1 fully saturated rings. The summed E-state index contributed by atoms with van der Waals surface area (Å²) in [4.78, 5) is 12.8. The minimum absolute atomic E-state index is 0.0439. The standard InChI is InChI=1S/C20H16BrClN2O3/c21-15-6-2-13(3-7-15)18-24-23-17(27-18)12-26-19(25)20(10-1-11-20)14-4-8-16(22)9-5-14/h2-9H,1,10-12H2. The van der Waals surface area contributed by atoms with E-state index >= 15 is 0 Å². The second kappa shape index (κ2) is 7.44. The van der Waals surface area contributed by atoms with Crippen LogP contribution in [0.5, 0.6) is 0 Å². The number of hydrogen-bond donors (Lipinski definition) is 0. The zero-order valence-corrected chi connectivity index (χ0v) is 16.7. The van der Waals surface area contributed by atoms with Gasteiger partial charge in [-0.15, -0.1) is 10.2 Å². The van der Waals surface area contributed by atoms with Gasteiger partial charge in [-0.2, -0.15) is 0 Å². The average molecular weight is 448 g/mol. The van der Waals surface area contributed by atoms with Crippen molar-refractivity contribution in [2.24, 2.45) is 0 Å². The van der Waals surface area contributed by atoms with Crippen molar-refractivity contribution in [2.75, 3.05) is 0 Å². The van der Waals surface area contributed by atoms with E-state index in [0.717, 1.165) is 34.9 Å². The van der Waals surface area contributed by atoms with Crippen molar-refractivity contribution >= 4 is 33.5 Å². The Kier molecular flexibility index (Phi) is 5.02. The monoisotopic (exact) mass is 446 g/mol. The third kappa shape index (κ3) is 3.64. The lowest BCUT2D eigenvalue weighted by atomic mass is 9.64.